The lowest BCUT2D eigenvalue weighted by molar-refractivity contribution is -0.139. The third-order valence-corrected chi connectivity index (χ3v) is 2.94. The average molecular weight is 227 g/mol. The fourth-order valence-corrected chi connectivity index (χ4v) is 1.63. The van der Waals surface area contributed by atoms with E-state index in [-0.39, 0.29) is 11.5 Å². The molecule has 0 N–H and O–H groups in total. The van der Waals surface area contributed by atoms with E-state index in [1.807, 2.05) is 13.8 Å². The Balaban J connectivity index is 2.17. The third-order valence-electron chi connectivity index (χ3n) is 2.04. The summed E-state index contributed by atoms with van der Waals surface area (Å²) in [7, 11) is 0. The van der Waals surface area contributed by atoms with Crippen molar-refractivity contribution in [2.45, 2.75) is 44.0 Å². The Morgan fingerprint density at radius 2 is 2.23 bits per heavy atom. The van der Waals surface area contributed by atoms with Crippen LogP contribution in [0.4, 0.5) is 0 Å². The van der Waals surface area contributed by atoms with Crippen LogP contribution in [0, 0.1) is 0 Å². The van der Waals surface area contributed by atoms with Crippen molar-refractivity contribution in [3.05, 3.63) is 0 Å². The summed E-state index contributed by atoms with van der Waals surface area (Å²) in [6.45, 7) is 4.51. The number of ether oxygens (including phenoxy) is 2. The van der Waals surface area contributed by atoms with Gasteiger partial charge in [0.05, 0.1) is 12.7 Å². The molecule has 1 saturated heterocycles. The second-order valence-corrected chi connectivity index (χ2v) is 4.71. The fraction of sp³-hybridized carbons (Fsp3) is 1.00. The van der Waals surface area contributed by atoms with Gasteiger partial charge in [0.25, 0.3) is 0 Å². The highest BCUT2D eigenvalue weighted by Crippen LogP contribution is 2.25. The maximum Gasteiger partial charge on any atom is 0.163 e. The molecule has 0 aliphatic carbocycles. The van der Waals surface area contributed by atoms with Gasteiger partial charge in [-0.2, -0.15) is 0 Å². The average Bonchev–Trinajstić information content (AvgIpc) is 2.41. The molecule has 0 aromatic carbocycles. The van der Waals surface area contributed by atoms with Gasteiger partial charge >= 0.3 is 0 Å². The van der Waals surface area contributed by atoms with Crippen molar-refractivity contribution in [2.75, 3.05) is 12.5 Å². The van der Waals surface area contributed by atoms with Gasteiger partial charge in [0, 0.05) is 11.3 Å². The summed E-state index contributed by atoms with van der Waals surface area (Å²) >= 11 is 11.5. The maximum atomic E-state index is 5.89. The van der Waals surface area contributed by atoms with Crippen LogP contribution in [0.1, 0.15) is 26.7 Å². The molecular formula is C9H16Cl2O2. The summed E-state index contributed by atoms with van der Waals surface area (Å²) in [5.41, 5.74) is 0. The summed E-state index contributed by atoms with van der Waals surface area (Å²) in [5.74, 6) is 0.0754. The van der Waals surface area contributed by atoms with Crippen LogP contribution in [0.3, 0.4) is 0 Å². The van der Waals surface area contributed by atoms with Gasteiger partial charge in [-0.05, 0) is 26.7 Å². The minimum Gasteiger partial charge on any atom is -0.348 e. The highest BCUT2D eigenvalue weighted by atomic mass is 35.5. The zero-order valence-corrected chi connectivity index (χ0v) is 9.57. The number of hydrogen-bond acceptors (Lipinski definition) is 2. The highest BCUT2D eigenvalue weighted by Gasteiger charge is 2.32. The largest absolute Gasteiger partial charge is 0.348 e. The van der Waals surface area contributed by atoms with Crippen molar-refractivity contribution < 1.29 is 9.47 Å². The molecule has 1 aliphatic heterocycles. The molecule has 4 heteroatoms. The van der Waals surface area contributed by atoms with Gasteiger partial charge in [-0.15, -0.1) is 23.2 Å². The van der Waals surface area contributed by atoms with Gasteiger partial charge in [0.15, 0.2) is 5.79 Å². The van der Waals surface area contributed by atoms with Gasteiger partial charge in [-0.25, -0.2) is 0 Å². The van der Waals surface area contributed by atoms with Gasteiger partial charge < -0.3 is 9.47 Å². The lowest BCUT2D eigenvalue weighted by atomic mass is 10.2. The molecule has 1 heterocycles. The van der Waals surface area contributed by atoms with Gasteiger partial charge in [0.2, 0.25) is 0 Å². The first-order valence-corrected chi connectivity index (χ1v) is 5.52. The molecule has 0 radical (unpaired) electrons. The Hall–Kier alpha value is 0.500. The molecule has 0 bridgehead atoms. The minimum atomic E-state index is -0.423. The summed E-state index contributed by atoms with van der Waals surface area (Å²) in [6.07, 6.45) is 1.99. The second kappa shape index (κ2) is 4.83. The van der Waals surface area contributed by atoms with Crippen molar-refractivity contribution in [1.82, 2.24) is 0 Å². The fourth-order valence-electron chi connectivity index (χ4n) is 1.35. The van der Waals surface area contributed by atoms with E-state index in [9.17, 15) is 0 Å². The van der Waals surface area contributed by atoms with E-state index >= 15 is 0 Å². The zero-order valence-electron chi connectivity index (χ0n) is 8.06. The molecule has 0 aromatic rings. The normalized spacial score (nSPS) is 29.1. The highest BCUT2D eigenvalue weighted by molar-refractivity contribution is 6.28. The number of rotatable bonds is 4. The van der Waals surface area contributed by atoms with Crippen molar-refractivity contribution in [3.63, 3.8) is 0 Å². The second-order valence-electron chi connectivity index (χ2n) is 3.78. The van der Waals surface area contributed by atoms with Crippen LogP contribution in [0.15, 0.2) is 0 Å². The molecule has 2 atom stereocenters. The molecule has 0 amide bonds. The smallest absolute Gasteiger partial charge is 0.163 e. The molecule has 2 nitrogen and oxygen atoms in total. The Morgan fingerprint density at radius 3 is 2.69 bits per heavy atom. The maximum absolute atomic E-state index is 5.89. The van der Waals surface area contributed by atoms with Crippen LogP contribution in [-0.2, 0) is 9.47 Å². The number of halogens is 2. The van der Waals surface area contributed by atoms with E-state index in [0.29, 0.717) is 12.5 Å². The standard InChI is InChI=1S/C9H16Cl2O2/c1-9(2)12-6-8(13-9)4-3-7(11)5-10/h7-8H,3-6H2,1-2H3. The summed E-state index contributed by atoms with van der Waals surface area (Å²) in [5, 5.41) is 0.0500. The molecule has 78 valence electrons. The van der Waals surface area contributed by atoms with Crippen molar-refractivity contribution in [2.24, 2.45) is 0 Å². The third kappa shape index (κ3) is 4.03. The van der Waals surface area contributed by atoms with Gasteiger partial charge in [-0.1, -0.05) is 0 Å². The monoisotopic (exact) mass is 226 g/mol. The molecule has 1 fully saturated rings. The van der Waals surface area contributed by atoms with E-state index in [1.165, 1.54) is 0 Å². The summed E-state index contributed by atoms with van der Waals surface area (Å²) in [6, 6.07) is 0. The lowest BCUT2D eigenvalue weighted by Gasteiger charge is -2.17. The van der Waals surface area contributed by atoms with E-state index < -0.39 is 5.79 Å². The summed E-state index contributed by atoms with van der Waals surface area (Å²) in [4.78, 5) is 0. The Kier molecular flexibility index (Phi) is 4.30. The van der Waals surface area contributed by atoms with Crippen LogP contribution >= 0.6 is 23.2 Å². The van der Waals surface area contributed by atoms with Crippen molar-refractivity contribution in [1.29, 1.82) is 0 Å². The van der Waals surface area contributed by atoms with Crippen LogP contribution in [0.2, 0.25) is 0 Å². The van der Waals surface area contributed by atoms with Crippen molar-refractivity contribution in [3.8, 4) is 0 Å². The Bertz CT molecular complexity index is 162. The van der Waals surface area contributed by atoms with Gasteiger partial charge in [-0.3, -0.25) is 0 Å². The quantitative estimate of drug-likeness (QED) is 0.687. The molecular weight excluding hydrogens is 211 g/mol. The first-order chi connectivity index (χ1) is 6.03. The molecule has 1 aliphatic rings. The molecule has 1 rings (SSSR count). The Morgan fingerprint density at radius 1 is 1.54 bits per heavy atom. The molecule has 2 unspecified atom stereocenters. The van der Waals surface area contributed by atoms with Crippen molar-refractivity contribution >= 4 is 23.2 Å². The van der Waals surface area contributed by atoms with Crippen LogP contribution < -0.4 is 0 Å². The lowest BCUT2D eigenvalue weighted by Crippen LogP contribution is -2.21. The first kappa shape index (κ1) is 11.6. The molecule has 13 heavy (non-hydrogen) atoms. The SMILES string of the molecule is CC1(C)OCC(CCC(Cl)CCl)O1. The topological polar surface area (TPSA) is 18.5 Å². The Labute approximate surface area is 89.5 Å². The van der Waals surface area contributed by atoms with Gasteiger partial charge in [0.1, 0.15) is 0 Å². The predicted molar refractivity (Wildman–Crippen MR) is 54.5 cm³/mol. The van der Waals surface area contributed by atoms with E-state index in [1.54, 1.807) is 0 Å². The van der Waals surface area contributed by atoms with E-state index in [4.69, 9.17) is 32.7 Å². The first-order valence-electron chi connectivity index (χ1n) is 4.55. The number of hydrogen-bond donors (Lipinski definition) is 0. The minimum absolute atomic E-state index is 0.0500. The predicted octanol–water partition coefficient (Wildman–Crippen LogP) is 2.76. The van der Waals surface area contributed by atoms with Crippen LogP contribution in [0.25, 0.3) is 0 Å². The summed E-state index contributed by atoms with van der Waals surface area (Å²) < 4.78 is 11.0. The molecule has 0 spiro atoms. The van der Waals surface area contributed by atoms with E-state index in [0.717, 1.165) is 12.8 Å². The van der Waals surface area contributed by atoms with Crippen LogP contribution in [-0.4, -0.2) is 29.8 Å². The molecule has 0 saturated carbocycles. The van der Waals surface area contributed by atoms with E-state index in [2.05, 4.69) is 0 Å². The van der Waals surface area contributed by atoms with Crippen LogP contribution in [0.5, 0.6) is 0 Å². The number of alkyl halides is 2. The molecule has 0 aromatic heterocycles. The zero-order chi connectivity index (χ0) is 9.90.